The van der Waals surface area contributed by atoms with Crippen LogP contribution in [0.15, 0.2) is 54.6 Å². The van der Waals surface area contributed by atoms with Crippen LogP contribution in [-0.2, 0) is 22.6 Å². The van der Waals surface area contributed by atoms with E-state index in [9.17, 15) is 9.59 Å². The van der Waals surface area contributed by atoms with Gasteiger partial charge in [0.15, 0.2) is 5.82 Å². The number of aromatic nitrogens is 3. The highest BCUT2D eigenvalue weighted by atomic mass is 16.5. The number of benzene rings is 2. The Morgan fingerprint density at radius 1 is 1.16 bits per heavy atom. The highest BCUT2D eigenvalue weighted by Gasteiger charge is 2.33. The van der Waals surface area contributed by atoms with Crippen molar-refractivity contribution in [3.63, 3.8) is 0 Å². The van der Waals surface area contributed by atoms with Crippen molar-refractivity contribution >= 4 is 11.8 Å². The number of methoxy groups -OCH3 is 1. The lowest BCUT2D eigenvalue weighted by molar-refractivity contribution is -0.138. The number of aromatic amines is 1. The van der Waals surface area contributed by atoms with Crippen LogP contribution in [0.5, 0.6) is 5.75 Å². The van der Waals surface area contributed by atoms with Crippen molar-refractivity contribution in [2.45, 2.75) is 31.8 Å². The van der Waals surface area contributed by atoms with Crippen LogP contribution in [0.25, 0.3) is 11.4 Å². The fourth-order valence-corrected chi connectivity index (χ4v) is 3.74. The van der Waals surface area contributed by atoms with E-state index in [1.165, 1.54) is 0 Å². The Kier molecular flexibility index (Phi) is 6.26. The minimum Gasteiger partial charge on any atom is -0.497 e. The zero-order chi connectivity index (χ0) is 21.6. The fraction of sp³-hybridized carbons (Fsp3) is 0.304. The van der Waals surface area contributed by atoms with E-state index in [-0.39, 0.29) is 18.4 Å². The standard InChI is InChI=1S/C23H25N5O3/c1-31-18-11-9-17(10-12-18)22-25-20(26-27-22)15-24-23(30)19-8-5-13-28(19)21(29)14-16-6-3-2-4-7-16/h2-4,6-7,9-12,19H,5,8,13-15H2,1H3,(H,24,30)(H,25,26,27). The molecule has 0 spiro atoms. The fourth-order valence-electron chi connectivity index (χ4n) is 3.74. The third kappa shape index (κ3) is 4.91. The lowest BCUT2D eigenvalue weighted by Gasteiger charge is -2.24. The van der Waals surface area contributed by atoms with Crippen molar-refractivity contribution in [3.8, 4) is 17.1 Å². The molecule has 160 valence electrons. The molecular weight excluding hydrogens is 394 g/mol. The van der Waals surface area contributed by atoms with E-state index in [2.05, 4.69) is 20.5 Å². The number of hydrogen-bond acceptors (Lipinski definition) is 5. The maximum absolute atomic E-state index is 12.8. The molecule has 31 heavy (non-hydrogen) atoms. The SMILES string of the molecule is COc1ccc(-c2n[nH]c(CNC(=O)C3CCCN3C(=O)Cc3ccccc3)n2)cc1. The summed E-state index contributed by atoms with van der Waals surface area (Å²) in [6, 6.07) is 16.6. The molecule has 2 N–H and O–H groups in total. The minimum absolute atomic E-state index is 0.0229. The Bertz CT molecular complexity index is 1030. The molecular formula is C23H25N5O3. The molecule has 1 aliphatic rings. The molecule has 8 heteroatoms. The van der Waals surface area contributed by atoms with Crippen LogP contribution < -0.4 is 10.1 Å². The predicted molar refractivity (Wildman–Crippen MR) is 115 cm³/mol. The number of ether oxygens (including phenoxy) is 1. The van der Waals surface area contributed by atoms with Crippen molar-refractivity contribution in [2.24, 2.45) is 0 Å². The summed E-state index contributed by atoms with van der Waals surface area (Å²) in [5.41, 5.74) is 1.80. The Morgan fingerprint density at radius 3 is 2.68 bits per heavy atom. The molecule has 0 radical (unpaired) electrons. The first-order chi connectivity index (χ1) is 15.1. The van der Waals surface area contributed by atoms with Gasteiger partial charge in [0, 0.05) is 12.1 Å². The molecule has 1 atom stereocenters. The van der Waals surface area contributed by atoms with Gasteiger partial charge in [-0.3, -0.25) is 14.7 Å². The Hall–Kier alpha value is -3.68. The molecule has 0 bridgehead atoms. The summed E-state index contributed by atoms with van der Waals surface area (Å²) in [5, 5.41) is 9.96. The second-order valence-electron chi connectivity index (χ2n) is 7.46. The summed E-state index contributed by atoms with van der Waals surface area (Å²) in [5.74, 6) is 1.67. The van der Waals surface area contributed by atoms with E-state index in [0.29, 0.717) is 31.0 Å². The molecule has 2 amide bonds. The second-order valence-corrected chi connectivity index (χ2v) is 7.46. The Morgan fingerprint density at radius 2 is 1.94 bits per heavy atom. The zero-order valence-electron chi connectivity index (χ0n) is 17.4. The highest BCUT2D eigenvalue weighted by molar-refractivity contribution is 5.89. The first-order valence-corrected chi connectivity index (χ1v) is 10.3. The van der Waals surface area contributed by atoms with Crippen LogP contribution in [0.1, 0.15) is 24.2 Å². The predicted octanol–water partition coefficient (Wildman–Crippen LogP) is 2.33. The normalized spacial score (nSPS) is 15.6. The van der Waals surface area contributed by atoms with Gasteiger partial charge in [-0.15, -0.1) is 0 Å². The van der Waals surface area contributed by atoms with Crippen LogP contribution in [0.3, 0.4) is 0 Å². The van der Waals surface area contributed by atoms with Gasteiger partial charge in [0.25, 0.3) is 0 Å². The molecule has 0 saturated carbocycles. The molecule has 8 nitrogen and oxygen atoms in total. The summed E-state index contributed by atoms with van der Waals surface area (Å²) in [4.78, 5) is 31.6. The van der Waals surface area contributed by atoms with Gasteiger partial charge in [-0.1, -0.05) is 30.3 Å². The van der Waals surface area contributed by atoms with Gasteiger partial charge in [0.2, 0.25) is 11.8 Å². The maximum atomic E-state index is 12.8. The van der Waals surface area contributed by atoms with Crippen LogP contribution in [0.4, 0.5) is 0 Å². The Labute approximate surface area is 180 Å². The second kappa shape index (κ2) is 9.42. The van der Waals surface area contributed by atoms with E-state index >= 15 is 0 Å². The zero-order valence-corrected chi connectivity index (χ0v) is 17.4. The number of nitrogens with one attached hydrogen (secondary N) is 2. The number of hydrogen-bond donors (Lipinski definition) is 2. The molecule has 2 aromatic carbocycles. The lowest BCUT2D eigenvalue weighted by Crippen LogP contribution is -2.46. The van der Waals surface area contributed by atoms with E-state index in [4.69, 9.17) is 4.74 Å². The average molecular weight is 419 g/mol. The number of H-pyrrole nitrogens is 1. The van der Waals surface area contributed by atoms with Gasteiger partial charge in [-0.2, -0.15) is 5.10 Å². The molecule has 3 aromatic rings. The van der Waals surface area contributed by atoms with Crippen molar-refractivity contribution in [2.75, 3.05) is 13.7 Å². The summed E-state index contributed by atoms with van der Waals surface area (Å²) in [6.07, 6.45) is 1.79. The summed E-state index contributed by atoms with van der Waals surface area (Å²) in [6.45, 7) is 0.826. The van der Waals surface area contributed by atoms with Gasteiger partial charge in [-0.25, -0.2) is 4.98 Å². The van der Waals surface area contributed by atoms with Crippen molar-refractivity contribution in [1.82, 2.24) is 25.4 Å². The van der Waals surface area contributed by atoms with Gasteiger partial charge in [-0.05, 0) is 42.7 Å². The number of carbonyl (C=O) groups excluding carboxylic acids is 2. The number of likely N-dealkylation sites (tertiary alicyclic amines) is 1. The average Bonchev–Trinajstić information content (AvgIpc) is 3.48. The maximum Gasteiger partial charge on any atom is 0.243 e. The Balaban J connectivity index is 1.33. The van der Waals surface area contributed by atoms with Crippen molar-refractivity contribution in [1.29, 1.82) is 0 Å². The van der Waals surface area contributed by atoms with Gasteiger partial charge in [0.1, 0.15) is 17.6 Å². The molecule has 1 saturated heterocycles. The highest BCUT2D eigenvalue weighted by Crippen LogP contribution is 2.20. The monoisotopic (exact) mass is 419 g/mol. The molecule has 4 rings (SSSR count). The quantitative estimate of drug-likeness (QED) is 0.612. The van der Waals surface area contributed by atoms with Gasteiger partial charge < -0.3 is 15.0 Å². The largest absolute Gasteiger partial charge is 0.497 e. The molecule has 1 fully saturated rings. The van der Waals surface area contributed by atoms with E-state index in [0.717, 1.165) is 23.3 Å². The van der Waals surface area contributed by atoms with Crippen LogP contribution in [0.2, 0.25) is 0 Å². The summed E-state index contributed by atoms with van der Waals surface area (Å²) >= 11 is 0. The molecule has 1 aliphatic heterocycles. The van der Waals surface area contributed by atoms with E-state index in [1.807, 2.05) is 54.6 Å². The van der Waals surface area contributed by atoms with Crippen LogP contribution in [-0.4, -0.2) is 51.6 Å². The molecule has 0 aliphatic carbocycles. The minimum atomic E-state index is -0.444. The van der Waals surface area contributed by atoms with Gasteiger partial charge in [0.05, 0.1) is 20.1 Å². The van der Waals surface area contributed by atoms with E-state index in [1.54, 1.807) is 12.0 Å². The lowest BCUT2D eigenvalue weighted by atomic mass is 10.1. The molecule has 1 unspecified atom stereocenters. The van der Waals surface area contributed by atoms with Gasteiger partial charge >= 0.3 is 0 Å². The smallest absolute Gasteiger partial charge is 0.243 e. The number of nitrogens with zero attached hydrogens (tertiary/aromatic N) is 3. The number of rotatable bonds is 7. The van der Waals surface area contributed by atoms with E-state index < -0.39 is 6.04 Å². The summed E-state index contributed by atoms with van der Waals surface area (Å²) in [7, 11) is 1.61. The van der Waals surface area contributed by atoms with Crippen molar-refractivity contribution in [3.05, 3.63) is 66.0 Å². The number of carbonyl (C=O) groups is 2. The topological polar surface area (TPSA) is 100 Å². The first kappa shape index (κ1) is 20.6. The summed E-state index contributed by atoms with van der Waals surface area (Å²) < 4.78 is 5.16. The third-order valence-corrected chi connectivity index (χ3v) is 5.38. The molecule has 1 aromatic heterocycles. The first-order valence-electron chi connectivity index (χ1n) is 10.3. The third-order valence-electron chi connectivity index (χ3n) is 5.38. The van der Waals surface area contributed by atoms with Crippen LogP contribution in [0, 0.1) is 0 Å². The van der Waals surface area contributed by atoms with Crippen molar-refractivity contribution < 1.29 is 14.3 Å². The van der Waals surface area contributed by atoms with Crippen LogP contribution >= 0.6 is 0 Å². The number of amides is 2. The molecule has 2 heterocycles.